The molecule has 0 amide bonds. The van der Waals surface area contributed by atoms with E-state index in [-0.39, 0.29) is 0 Å². The van der Waals surface area contributed by atoms with E-state index in [0.29, 0.717) is 17.5 Å². The number of nitrogen functional groups attached to an aromatic ring is 1. The van der Waals surface area contributed by atoms with Crippen LogP contribution in [0.3, 0.4) is 0 Å². The molecule has 20 heavy (non-hydrogen) atoms. The van der Waals surface area contributed by atoms with Crippen LogP contribution >= 0.6 is 11.8 Å². The van der Waals surface area contributed by atoms with E-state index in [9.17, 15) is 0 Å². The Labute approximate surface area is 122 Å². The van der Waals surface area contributed by atoms with E-state index >= 15 is 0 Å². The normalized spacial score (nSPS) is 16.2. The van der Waals surface area contributed by atoms with Crippen LogP contribution in [0.1, 0.15) is 24.3 Å². The number of benzene rings is 1. The molecule has 1 aliphatic rings. The Kier molecular flexibility index (Phi) is 3.87. The van der Waals surface area contributed by atoms with Crippen molar-refractivity contribution in [1.29, 1.82) is 0 Å². The molecular formula is C15H18N2O2S. The van der Waals surface area contributed by atoms with Crippen molar-refractivity contribution in [3.63, 3.8) is 0 Å². The molecule has 5 heteroatoms. The summed E-state index contributed by atoms with van der Waals surface area (Å²) in [4.78, 5) is 0. The highest BCUT2D eigenvalue weighted by Gasteiger charge is 2.19. The van der Waals surface area contributed by atoms with Crippen LogP contribution in [0.4, 0.5) is 5.82 Å². The Morgan fingerprint density at radius 3 is 2.75 bits per heavy atom. The van der Waals surface area contributed by atoms with Gasteiger partial charge in [-0.3, -0.25) is 0 Å². The first-order valence-corrected chi connectivity index (χ1v) is 7.91. The summed E-state index contributed by atoms with van der Waals surface area (Å²) in [6.07, 6.45) is 2.46. The van der Waals surface area contributed by atoms with Crippen LogP contribution in [0.5, 0.6) is 5.75 Å². The van der Waals surface area contributed by atoms with E-state index in [1.165, 1.54) is 29.9 Å². The number of methoxy groups -OCH3 is 1. The standard InChI is InChI=1S/C15H18N2O2S/c1-18-13-3-2-11(10-4-6-20-7-5-10)8-12(13)14-9-15(16)17-19-14/h2-3,8-10H,4-7H2,1H3,(H2,16,17). The zero-order chi connectivity index (χ0) is 13.9. The van der Waals surface area contributed by atoms with E-state index in [1.54, 1.807) is 13.2 Å². The molecule has 106 valence electrons. The van der Waals surface area contributed by atoms with Gasteiger partial charge >= 0.3 is 0 Å². The molecule has 2 aromatic rings. The number of ether oxygens (including phenoxy) is 1. The van der Waals surface area contributed by atoms with Crippen LogP contribution in [0.25, 0.3) is 11.3 Å². The highest BCUT2D eigenvalue weighted by Crippen LogP contribution is 2.37. The lowest BCUT2D eigenvalue weighted by molar-refractivity contribution is 0.406. The van der Waals surface area contributed by atoms with Gasteiger partial charge in [0.15, 0.2) is 11.6 Å². The summed E-state index contributed by atoms with van der Waals surface area (Å²) >= 11 is 2.04. The van der Waals surface area contributed by atoms with Crippen LogP contribution in [-0.4, -0.2) is 23.8 Å². The molecule has 1 aliphatic heterocycles. The molecule has 4 nitrogen and oxygen atoms in total. The Balaban J connectivity index is 1.98. The Hall–Kier alpha value is -1.62. The summed E-state index contributed by atoms with van der Waals surface area (Å²) in [5, 5.41) is 3.75. The summed E-state index contributed by atoms with van der Waals surface area (Å²) in [7, 11) is 1.66. The molecule has 1 fully saturated rings. The Bertz CT molecular complexity index is 591. The Morgan fingerprint density at radius 1 is 1.30 bits per heavy atom. The number of hydrogen-bond acceptors (Lipinski definition) is 5. The number of rotatable bonds is 3. The van der Waals surface area contributed by atoms with E-state index in [4.69, 9.17) is 15.0 Å². The smallest absolute Gasteiger partial charge is 0.172 e. The SMILES string of the molecule is COc1ccc(C2CCSCC2)cc1-c1cc(N)no1. The van der Waals surface area contributed by atoms with E-state index in [0.717, 1.165) is 11.3 Å². The lowest BCUT2D eigenvalue weighted by Crippen LogP contribution is -2.08. The van der Waals surface area contributed by atoms with Gasteiger partial charge in [0.25, 0.3) is 0 Å². The highest BCUT2D eigenvalue weighted by atomic mass is 32.2. The first kappa shape index (κ1) is 13.4. The maximum Gasteiger partial charge on any atom is 0.172 e. The minimum absolute atomic E-state index is 0.390. The van der Waals surface area contributed by atoms with Crippen molar-refractivity contribution in [2.45, 2.75) is 18.8 Å². The van der Waals surface area contributed by atoms with Gasteiger partial charge in [-0.1, -0.05) is 11.2 Å². The maximum absolute atomic E-state index is 5.64. The van der Waals surface area contributed by atoms with Gasteiger partial charge in [0.2, 0.25) is 0 Å². The number of nitrogens with zero attached hydrogens (tertiary/aromatic N) is 1. The predicted octanol–water partition coefficient (Wildman–Crippen LogP) is 3.54. The summed E-state index contributed by atoms with van der Waals surface area (Å²) in [5.74, 6) is 4.94. The number of aromatic nitrogens is 1. The lowest BCUT2D eigenvalue weighted by Gasteiger charge is -2.22. The molecule has 3 rings (SSSR count). The van der Waals surface area contributed by atoms with Crippen molar-refractivity contribution in [2.75, 3.05) is 24.3 Å². The zero-order valence-corrected chi connectivity index (χ0v) is 12.3. The van der Waals surface area contributed by atoms with Gasteiger partial charge in [0, 0.05) is 6.07 Å². The third-order valence-corrected chi connectivity index (χ3v) is 4.76. The van der Waals surface area contributed by atoms with E-state index in [1.807, 2.05) is 17.8 Å². The summed E-state index contributed by atoms with van der Waals surface area (Å²) in [6, 6.07) is 8.05. The van der Waals surface area contributed by atoms with Crippen LogP contribution in [0, 0.1) is 0 Å². The first-order valence-electron chi connectivity index (χ1n) is 6.76. The topological polar surface area (TPSA) is 61.3 Å². The summed E-state index contributed by atoms with van der Waals surface area (Å²) in [6.45, 7) is 0. The molecule has 0 unspecified atom stereocenters. The number of anilines is 1. The maximum atomic E-state index is 5.64. The molecular weight excluding hydrogens is 272 g/mol. The molecule has 0 bridgehead atoms. The quantitative estimate of drug-likeness (QED) is 0.936. The molecule has 2 heterocycles. The molecule has 0 saturated carbocycles. The van der Waals surface area contributed by atoms with Gasteiger partial charge < -0.3 is 15.0 Å². The summed E-state index contributed by atoms with van der Waals surface area (Å²) < 4.78 is 10.7. The van der Waals surface area contributed by atoms with Crippen LogP contribution in [0.2, 0.25) is 0 Å². The Morgan fingerprint density at radius 2 is 2.10 bits per heavy atom. The fourth-order valence-corrected chi connectivity index (χ4v) is 3.73. The molecule has 1 aromatic heterocycles. The van der Waals surface area contributed by atoms with Gasteiger partial charge in [0.05, 0.1) is 12.7 Å². The van der Waals surface area contributed by atoms with Crippen molar-refractivity contribution in [1.82, 2.24) is 5.16 Å². The van der Waals surface area contributed by atoms with E-state index in [2.05, 4.69) is 17.3 Å². The lowest BCUT2D eigenvalue weighted by atomic mass is 9.91. The first-order chi connectivity index (χ1) is 9.78. The van der Waals surface area contributed by atoms with Crippen molar-refractivity contribution in [3.8, 4) is 17.1 Å². The van der Waals surface area contributed by atoms with Crippen molar-refractivity contribution in [3.05, 3.63) is 29.8 Å². The predicted molar refractivity (Wildman–Crippen MR) is 82.2 cm³/mol. The largest absolute Gasteiger partial charge is 0.496 e. The van der Waals surface area contributed by atoms with E-state index < -0.39 is 0 Å². The second-order valence-electron chi connectivity index (χ2n) is 4.96. The van der Waals surface area contributed by atoms with Crippen molar-refractivity contribution in [2.24, 2.45) is 0 Å². The molecule has 1 aromatic carbocycles. The minimum atomic E-state index is 0.390. The number of thioether (sulfide) groups is 1. The average Bonchev–Trinajstić information content (AvgIpc) is 2.94. The molecule has 0 radical (unpaired) electrons. The number of nitrogens with two attached hydrogens (primary N) is 1. The molecule has 0 spiro atoms. The average molecular weight is 290 g/mol. The molecule has 0 aliphatic carbocycles. The number of hydrogen-bond donors (Lipinski definition) is 1. The molecule has 1 saturated heterocycles. The second kappa shape index (κ2) is 5.79. The van der Waals surface area contributed by atoms with Gasteiger partial charge in [0.1, 0.15) is 5.75 Å². The van der Waals surface area contributed by atoms with Gasteiger partial charge in [-0.25, -0.2) is 0 Å². The zero-order valence-electron chi connectivity index (χ0n) is 11.5. The van der Waals surface area contributed by atoms with Gasteiger partial charge in [-0.2, -0.15) is 11.8 Å². The van der Waals surface area contributed by atoms with Crippen molar-refractivity contribution < 1.29 is 9.26 Å². The monoisotopic (exact) mass is 290 g/mol. The highest BCUT2D eigenvalue weighted by molar-refractivity contribution is 7.99. The third kappa shape index (κ3) is 2.63. The van der Waals surface area contributed by atoms with Crippen LogP contribution in [0.15, 0.2) is 28.8 Å². The van der Waals surface area contributed by atoms with Crippen molar-refractivity contribution >= 4 is 17.6 Å². The summed E-state index contributed by atoms with van der Waals surface area (Å²) in [5.41, 5.74) is 7.91. The fourth-order valence-electron chi connectivity index (χ4n) is 2.62. The molecule has 0 atom stereocenters. The minimum Gasteiger partial charge on any atom is -0.496 e. The van der Waals surface area contributed by atoms with Gasteiger partial charge in [-0.15, -0.1) is 0 Å². The van der Waals surface area contributed by atoms with Crippen LogP contribution in [-0.2, 0) is 0 Å². The fraction of sp³-hybridized carbons (Fsp3) is 0.400. The third-order valence-electron chi connectivity index (χ3n) is 3.71. The second-order valence-corrected chi connectivity index (χ2v) is 6.19. The molecule has 2 N–H and O–H groups in total. The van der Waals surface area contributed by atoms with Gasteiger partial charge in [-0.05, 0) is 48.0 Å². The van der Waals surface area contributed by atoms with Crippen LogP contribution < -0.4 is 10.5 Å².